The first-order valence-electron chi connectivity index (χ1n) is 7.12. The minimum absolute atomic E-state index is 0.0178. The van der Waals surface area contributed by atoms with E-state index in [0.29, 0.717) is 0 Å². The Labute approximate surface area is 133 Å². The average molecular weight is 320 g/mol. The summed E-state index contributed by atoms with van der Waals surface area (Å²) in [7, 11) is 1.58. The van der Waals surface area contributed by atoms with E-state index in [1.807, 2.05) is 31.2 Å². The van der Waals surface area contributed by atoms with Gasteiger partial charge in [-0.05, 0) is 25.1 Å². The highest BCUT2D eigenvalue weighted by atomic mass is 19.1. The zero-order valence-electron chi connectivity index (χ0n) is 12.9. The lowest BCUT2D eigenvalue weighted by Gasteiger charge is -2.17. The van der Waals surface area contributed by atoms with Crippen molar-refractivity contribution in [1.29, 1.82) is 0 Å². The number of para-hydroxylation sites is 1. The number of benzene rings is 2. The Bertz CT molecular complexity index is 692. The molecule has 0 saturated heterocycles. The molecule has 122 valence electrons. The van der Waals surface area contributed by atoms with Crippen LogP contribution in [0, 0.1) is 11.6 Å². The predicted molar refractivity (Wildman–Crippen MR) is 84.4 cm³/mol. The SMILES string of the molecule is COc1ccccc1[C@@H](C)NCC(=O)Nc1ccc(F)cc1F. The molecule has 23 heavy (non-hydrogen) atoms. The maximum atomic E-state index is 13.5. The lowest BCUT2D eigenvalue weighted by Crippen LogP contribution is -2.30. The van der Waals surface area contributed by atoms with Gasteiger partial charge in [0.15, 0.2) is 0 Å². The number of rotatable bonds is 6. The Morgan fingerprint density at radius 3 is 2.65 bits per heavy atom. The van der Waals surface area contributed by atoms with E-state index >= 15 is 0 Å². The van der Waals surface area contributed by atoms with Crippen molar-refractivity contribution >= 4 is 11.6 Å². The van der Waals surface area contributed by atoms with Crippen molar-refractivity contribution in [3.63, 3.8) is 0 Å². The van der Waals surface area contributed by atoms with Crippen LogP contribution in [-0.4, -0.2) is 19.6 Å². The quantitative estimate of drug-likeness (QED) is 0.859. The van der Waals surface area contributed by atoms with E-state index < -0.39 is 17.5 Å². The van der Waals surface area contributed by atoms with Crippen LogP contribution in [0.5, 0.6) is 5.75 Å². The minimum Gasteiger partial charge on any atom is -0.496 e. The first-order chi connectivity index (χ1) is 11.0. The molecular weight excluding hydrogens is 302 g/mol. The van der Waals surface area contributed by atoms with Crippen molar-refractivity contribution in [1.82, 2.24) is 5.32 Å². The highest BCUT2D eigenvalue weighted by Crippen LogP contribution is 2.24. The standard InChI is InChI=1S/C17H18F2N2O2/c1-11(13-5-3-4-6-16(13)23-2)20-10-17(22)21-15-8-7-12(18)9-14(15)19/h3-9,11,20H,10H2,1-2H3,(H,21,22)/t11-/m1/s1. The number of ether oxygens (including phenoxy) is 1. The Kier molecular flexibility index (Phi) is 5.65. The van der Waals surface area contributed by atoms with Gasteiger partial charge in [-0.3, -0.25) is 4.79 Å². The lowest BCUT2D eigenvalue weighted by atomic mass is 10.1. The number of anilines is 1. The molecule has 0 aliphatic heterocycles. The van der Waals surface area contributed by atoms with Crippen LogP contribution in [-0.2, 0) is 4.79 Å². The summed E-state index contributed by atoms with van der Waals surface area (Å²) in [6.07, 6.45) is 0. The Balaban J connectivity index is 1.93. The molecular formula is C17H18F2N2O2. The number of nitrogens with one attached hydrogen (secondary N) is 2. The van der Waals surface area contributed by atoms with Gasteiger partial charge in [-0.2, -0.15) is 0 Å². The fourth-order valence-corrected chi connectivity index (χ4v) is 2.17. The van der Waals surface area contributed by atoms with Gasteiger partial charge >= 0.3 is 0 Å². The molecule has 0 bridgehead atoms. The van der Waals surface area contributed by atoms with Crippen molar-refractivity contribution in [2.45, 2.75) is 13.0 Å². The Morgan fingerprint density at radius 1 is 1.22 bits per heavy atom. The average Bonchev–Trinajstić information content (AvgIpc) is 2.55. The van der Waals surface area contributed by atoms with Crippen LogP contribution < -0.4 is 15.4 Å². The maximum absolute atomic E-state index is 13.5. The van der Waals surface area contributed by atoms with E-state index in [1.54, 1.807) is 7.11 Å². The second-order valence-electron chi connectivity index (χ2n) is 5.02. The van der Waals surface area contributed by atoms with Crippen molar-refractivity contribution in [2.75, 3.05) is 19.0 Å². The number of hydrogen-bond donors (Lipinski definition) is 2. The van der Waals surface area contributed by atoms with Crippen molar-refractivity contribution in [2.24, 2.45) is 0 Å². The van der Waals surface area contributed by atoms with Gasteiger partial charge in [0.25, 0.3) is 0 Å². The van der Waals surface area contributed by atoms with Gasteiger partial charge in [0.2, 0.25) is 5.91 Å². The summed E-state index contributed by atoms with van der Waals surface area (Å²) in [5, 5.41) is 5.43. The molecule has 0 aromatic heterocycles. The number of amides is 1. The van der Waals surface area contributed by atoms with Gasteiger partial charge in [-0.1, -0.05) is 18.2 Å². The van der Waals surface area contributed by atoms with Crippen LogP contribution in [0.25, 0.3) is 0 Å². The fourth-order valence-electron chi connectivity index (χ4n) is 2.17. The lowest BCUT2D eigenvalue weighted by molar-refractivity contribution is -0.115. The van der Waals surface area contributed by atoms with Crippen LogP contribution in [0.2, 0.25) is 0 Å². The third kappa shape index (κ3) is 4.50. The Hall–Kier alpha value is -2.47. The summed E-state index contributed by atoms with van der Waals surface area (Å²) >= 11 is 0. The third-order valence-electron chi connectivity index (χ3n) is 3.38. The first-order valence-corrected chi connectivity index (χ1v) is 7.12. The van der Waals surface area contributed by atoms with Crippen molar-refractivity contribution in [3.05, 3.63) is 59.7 Å². The molecule has 0 saturated carbocycles. The third-order valence-corrected chi connectivity index (χ3v) is 3.38. The summed E-state index contributed by atoms with van der Waals surface area (Å²) in [6, 6.07) is 10.3. The van der Waals surface area contributed by atoms with E-state index in [0.717, 1.165) is 23.4 Å². The minimum atomic E-state index is -0.809. The predicted octanol–water partition coefficient (Wildman–Crippen LogP) is 3.26. The first kappa shape index (κ1) is 16.9. The number of halogens is 2. The van der Waals surface area contributed by atoms with Crippen molar-refractivity contribution in [3.8, 4) is 5.75 Å². The van der Waals surface area contributed by atoms with E-state index in [2.05, 4.69) is 10.6 Å². The molecule has 0 unspecified atom stereocenters. The highest BCUT2D eigenvalue weighted by molar-refractivity contribution is 5.92. The van der Waals surface area contributed by atoms with E-state index in [4.69, 9.17) is 4.74 Å². The second kappa shape index (κ2) is 7.69. The van der Waals surface area contributed by atoms with Gasteiger partial charge < -0.3 is 15.4 Å². The van der Waals surface area contributed by atoms with E-state index in [-0.39, 0.29) is 18.3 Å². The van der Waals surface area contributed by atoms with Crippen LogP contribution in [0.3, 0.4) is 0 Å². The zero-order chi connectivity index (χ0) is 16.8. The summed E-state index contributed by atoms with van der Waals surface area (Å²) < 4.78 is 31.6. The number of carbonyl (C=O) groups is 1. The number of hydrogen-bond acceptors (Lipinski definition) is 3. The smallest absolute Gasteiger partial charge is 0.238 e. The molecule has 2 rings (SSSR count). The zero-order valence-corrected chi connectivity index (χ0v) is 12.9. The molecule has 6 heteroatoms. The Morgan fingerprint density at radius 2 is 1.96 bits per heavy atom. The molecule has 0 aliphatic rings. The van der Waals surface area contributed by atoms with Crippen molar-refractivity contribution < 1.29 is 18.3 Å². The molecule has 0 fully saturated rings. The molecule has 2 aromatic carbocycles. The molecule has 0 heterocycles. The van der Waals surface area contributed by atoms with Crippen LogP contribution in [0.15, 0.2) is 42.5 Å². The number of methoxy groups -OCH3 is 1. The van der Waals surface area contributed by atoms with Gasteiger partial charge in [0.1, 0.15) is 17.4 Å². The van der Waals surface area contributed by atoms with Gasteiger partial charge in [-0.15, -0.1) is 0 Å². The summed E-state index contributed by atoms with van der Waals surface area (Å²) in [5.41, 5.74) is 0.860. The van der Waals surface area contributed by atoms with Gasteiger partial charge in [0.05, 0.1) is 19.3 Å². The molecule has 2 aromatic rings. The normalized spacial score (nSPS) is 11.8. The molecule has 2 N–H and O–H groups in total. The number of carbonyl (C=O) groups excluding carboxylic acids is 1. The maximum Gasteiger partial charge on any atom is 0.238 e. The van der Waals surface area contributed by atoms with Crippen LogP contribution >= 0.6 is 0 Å². The van der Waals surface area contributed by atoms with E-state index in [9.17, 15) is 13.6 Å². The molecule has 0 aliphatic carbocycles. The molecule has 4 nitrogen and oxygen atoms in total. The molecule has 1 amide bonds. The topological polar surface area (TPSA) is 50.4 Å². The molecule has 0 spiro atoms. The second-order valence-corrected chi connectivity index (χ2v) is 5.02. The summed E-state index contributed by atoms with van der Waals surface area (Å²) in [5.74, 6) is -1.20. The van der Waals surface area contributed by atoms with Gasteiger partial charge in [0, 0.05) is 17.7 Å². The van der Waals surface area contributed by atoms with Crippen LogP contribution in [0.4, 0.5) is 14.5 Å². The van der Waals surface area contributed by atoms with Crippen LogP contribution in [0.1, 0.15) is 18.5 Å². The monoisotopic (exact) mass is 320 g/mol. The highest BCUT2D eigenvalue weighted by Gasteiger charge is 2.13. The summed E-state index contributed by atoms with van der Waals surface area (Å²) in [4.78, 5) is 11.9. The van der Waals surface area contributed by atoms with E-state index in [1.165, 1.54) is 6.07 Å². The molecule has 0 radical (unpaired) electrons. The van der Waals surface area contributed by atoms with Gasteiger partial charge in [-0.25, -0.2) is 8.78 Å². The summed E-state index contributed by atoms with van der Waals surface area (Å²) in [6.45, 7) is 1.87. The largest absolute Gasteiger partial charge is 0.496 e. The molecule has 1 atom stereocenters. The fraction of sp³-hybridized carbons (Fsp3) is 0.235.